The number of amides is 1. The van der Waals surface area contributed by atoms with E-state index >= 15 is 0 Å². The number of hydrogen-bond donors (Lipinski definition) is 0. The van der Waals surface area contributed by atoms with Crippen LogP contribution < -0.4 is 14.4 Å². The molecule has 0 aromatic heterocycles. The first-order chi connectivity index (χ1) is 12.1. The molecular weight excluding hydrogens is 316 g/mol. The molecule has 0 N–H and O–H groups in total. The van der Waals surface area contributed by atoms with E-state index in [1.54, 1.807) is 14.2 Å². The zero-order valence-electron chi connectivity index (χ0n) is 15.0. The van der Waals surface area contributed by atoms with Gasteiger partial charge in [-0.2, -0.15) is 0 Å². The van der Waals surface area contributed by atoms with Gasteiger partial charge in [0, 0.05) is 37.4 Å². The van der Waals surface area contributed by atoms with Gasteiger partial charge in [-0.05, 0) is 48.9 Å². The molecule has 2 aromatic rings. The normalized spacial score (nSPS) is 14.4. The van der Waals surface area contributed by atoms with Crippen molar-refractivity contribution in [1.29, 1.82) is 0 Å². The van der Waals surface area contributed by atoms with Crippen LogP contribution in [0.15, 0.2) is 42.5 Å². The highest BCUT2D eigenvalue weighted by Gasteiger charge is 2.22. The van der Waals surface area contributed by atoms with Gasteiger partial charge in [-0.15, -0.1) is 0 Å². The number of benzene rings is 2. The van der Waals surface area contributed by atoms with E-state index in [0.717, 1.165) is 35.8 Å². The van der Waals surface area contributed by atoms with Crippen LogP contribution in [0.3, 0.4) is 0 Å². The van der Waals surface area contributed by atoms with Crippen molar-refractivity contribution in [2.24, 2.45) is 0 Å². The quantitative estimate of drug-likeness (QED) is 0.858. The Morgan fingerprint density at radius 2 is 1.60 bits per heavy atom. The molecule has 1 saturated heterocycles. The van der Waals surface area contributed by atoms with Crippen molar-refractivity contribution < 1.29 is 14.3 Å². The van der Waals surface area contributed by atoms with Gasteiger partial charge < -0.3 is 19.3 Å². The monoisotopic (exact) mass is 340 g/mol. The van der Waals surface area contributed by atoms with Crippen molar-refractivity contribution in [3.8, 4) is 11.5 Å². The summed E-state index contributed by atoms with van der Waals surface area (Å²) < 4.78 is 10.5. The SMILES string of the molecule is COc1ccc(N2CCN(C(=O)c3ccc(C)c(OC)c3)CC2)cc1. The average Bonchev–Trinajstić information content (AvgIpc) is 2.68. The number of aryl methyl sites for hydroxylation is 1. The summed E-state index contributed by atoms with van der Waals surface area (Å²) in [6, 6.07) is 13.7. The molecule has 0 atom stereocenters. The molecule has 25 heavy (non-hydrogen) atoms. The van der Waals surface area contributed by atoms with Gasteiger partial charge in [0.1, 0.15) is 11.5 Å². The fourth-order valence-electron chi connectivity index (χ4n) is 3.10. The lowest BCUT2D eigenvalue weighted by Gasteiger charge is -2.36. The average molecular weight is 340 g/mol. The summed E-state index contributed by atoms with van der Waals surface area (Å²) in [5.41, 5.74) is 2.87. The van der Waals surface area contributed by atoms with Gasteiger partial charge in [-0.1, -0.05) is 6.07 Å². The standard InChI is InChI=1S/C20H24N2O3/c1-15-4-5-16(14-19(15)25-3)20(23)22-12-10-21(11-13-22)17-6-8-18(24-2)9-7-17/h4-9,14H,10-13H2,1-3H3. The molecule has 0 bridgehead atoms. The van der Waals surface area contributed by atoms with Crippen molar-refractivity contribution in [3.05, 3.63) is 53.6 Å². The Labute approximate surface area is 148 Å². The first-order valence-corrected chi connectivity index (χ1v) is 8.45. The molecule has 2 aromatic carbocycles. The van der Waals surface area contributed by atoms with E-state index in [9.17, 15) is 4.79 Å². The minimum atomic E-state index is 0.0627. The van der Waals surface area contributed by atoms with E-state index in [-0.39, 0.29) is 5.91 Å². The molecule has 0 aliphatic carbocycles. The summed E-state index contributed by atoms with van der Waals surface area (Å²) in [5.74, 6) is 1.67. The molecule has 0 saturated carbocycles. The van der Waals surface area contributed by atoms with E-state index in [0.29, 0.717) is 18.7 Å². The van der Waals surface area contributed by atoms with Crippen LogP contribution in [0.5, 0.6) is 11.5 Å². The fraction of sp³-hybridized carbons (Fsp3) is 0.350. The molecule has 0 spiro atoms. The van der Waals surface area contributed by atoms with Gasteiger partial charge >= 0.3 is 0 Å². The van der Waals surface area contributed by atoms with Gasteiger partial charge in [-0.25, -0.2) is 0 Å². The maximum absolute atomic E-state index is 12.7. The van der Waals surface area contributed by atoms with Crippen molar-refractivity contribution in [3.63, 3.8) is 0 Å². The number of carbonyl (C=O) groups excluding carboxylic acids is 1. The molecule has 5 nitrogen and oxygen atoms in total. The fourth-order valence-corrected chi connectivity index (χ4v) is 3.10. The zero-order chi connectivity index (χ0) is 17.8. The predicted octanol–water partition coefficient (Wildman–Crippen LogP) is 2.97. The highest BCUT2D eigenvalue weighted by Crippen LogP contribution is 2.23. The summed E-state index contributed by atoms with van der Waals surface area (Å²) >= 11 is 0. The van der Waals surface area contributed by atoms with E-state index in [2.05, 4.69) is 17.0 Å². The van der Waals surface area contributed by atoms with E-state index in [4.69, 9.17) is 9.47 Å². The molecule has 3 rings (SSSR count). The van der Waals surface area contributed by atoms with Gasteiger partial charge in [0.15, 0.2) is 0 Å². The Bertz CT molecular complexity index is 735. The Kier molecular flexibility index (Phi) is 5.12. The first-order valence-electron chi connectivity index (χ1n) is 8.45. The second-order valence-electron chi connectivity index (χ2n) is 6.16. The number of nitrogens with zero attached hydrogens (tertiary/aromatic N) is 2. The third-order valence-corrected chi connectivity index (χ3v) is 4.66. The summed E-state index contributed by atoms with van der Waals surface area (Å²) in [4.78, 5) is 16.9. The van der Waals surface area contributed by atoms with E-state index in [1.807, 2.05) is 42.2 Å². The Balaban J connectivity index is 1.64. The van der Waals surface area contributed by atoms with Crippen LogP contribution in [0, 0.1) is 6.92 Å². The molecule has 1 amide bonds. The van der Waals surface area contributed by atoms with Crippen molar-refractivity contribution in [1.82, 2.24) is 4.90 Å². The Morgan fingerprint density at radius 1 is 0.920 bits per heavy atom. The lowest BCUT2D eigenvalue weighted by molar-refractivity contribution is 0.0746. The van der Waals surface area contributed by atoms with Crippen LogP contribution >= 0.6 is 0 Å². The van der Waals surface area contributed by atoms with E-state index < -0.39 is 0 Å². The number of piperazine rings is 1. The lowest BCUT2D eigenvalue weighted by Crippen LogP contribution is -2.48. The number of methoxy groups -OCH3 is 2. The lowest BCUT2D eigenvalue weighted by atomic mass is 10.1. The van der Waals surface area contributed by atoms with Crippen LogP contribution in [0.2, 0.25) is 0 Å². The highest BCUT2D eigenvalue weighted by atomic mass is 16.5. The third kappa shape index (κ3) is 3.71. The minimum absolute atomic E-state index is 0.0627. The van der Waals surface area contributed by atoms with Crippen molar-refractivity contribution in [2.75, 3.05) is 45.3 Å². The van der Waals surface area contributed by atoms with Gasteiger partial charge in [-0.3, -0.25) is 4.79 Å². The zero-order valence-corrected chi connectivity index (χ0v) is 15.0. The minimum Gasteiger partial charge on any atom is -0.497 e. The summed E-state index contributed by atoms with van der Waals surface area (Å²) in [5, 5.41) is 0. The van der Waals surface area contributed by atoms with Gasteiger partial charge in [0.25, 0.3) is 5.91 Å². The topological polar surface area (TPSA) is 42.0 Å². The van der Waals surface area contributed by atoms with Gasteiger partial charge in [0.2, 0.25) is 0 Å². The summed E-state index contributed by atoms with van der Waals surface area (Å²) in [6.45, 7) is 5.03. The molecule has 0 radical (unpaired) electrons. The molecule has 1 aliphatic rings. The maximum atomic E-state index is 12.7. The molecule has 132 valence electrons. The first kappa shape index (κ1) is 17.1. The number of anilines is 1. The molecule has 0 unspecified atom stereocenters. The van der Waals surface area contributed by atoms with Crippen LogP contribution in [0.25, 0.3) is 0 Å². The molecule has 5 heteroatoms. The molecule has 1 aliphatic heterocycles. The van der Waals surface area contributed by atoms with Crippen LogP contribution in [0.4, 0.5) is 5.69 Å². The second kappa shape index (κ2) is 7.47. The second-order valence-corrected chi connectivity index (χ2v) is 6.16. The van der Waals surface area contributed by atoms with Crippen molar-refractivity contribution >= 4 is 11.6 Å². The third-order valence-electron chi connectivity index (χ3n) is 4.66. The maximum Gasteiger partial charge on any atom is 0.254 e. The molecular formula is C20H24N2O3. The van der Waals surface area contributed by atoms with Crippen molar-refractivity contribution in [2.45, 2.75) is 6.92 Å². The Morgan fingerprint density at radius 3 is 2.20 bits per heavy atom. The van der Waals surface area contributed by atoms with E-state index in [1.165, 1.54) is 0 Å². The van der Waals surface area contributed by atoms with Crippen LogP contribution in [-0.2, 0) is 0 Å². The predicted molar refractivity (Wildman–Crippen MR) is 98.8 cm³/mol. The smallest absolute Gasteiger partial charge is 0.254 e. The highest BCUT2D eigenvalue weighted by molar-refractivity contribution is 5.95. The van der Waals surface area contributed by atoms with Crippen LogP contribution in [-0.4, -0.2) is 51.2 Å². The molecule has 1 heterocycles. The molecule has 1 fully saturated rings. The number of hydrogen-bond acceptors (Lipinski definition) is 4. The summed E-state index contributed by atoms with van der Waals surface area (Å²) in [7, 11) is 3.30. The summed E-state index contributed by atoms with van der Waals surface area (Å²) in [6.07, 6.45) is 0. The number of ether oxygens (including phenoxy) is 2. The Hall–Kier alpha value is -2.69. The van der Waals surface area contributed by atoms with Crippen LogP contribution in [0.1, 0.15) is 15.9 Å². The largest absolute Gasteiger partial charge is 0.497 e. The van der Waals surface area contributed by atoms with Gasteiger partial charge in [0.05, 0.1) is 14.2 Å². The number of carbonyl (C=O) groups is 1. The number of rotatable bonds is 4.